The highest BCUT2D eigenvalue weighted by atomic mass is 16.2. The van der Waals surface area contributed by atoms with Gasteiger partial charge in [0.05, 0.1) is 22.3 Å². The third-order valence-electron chi connectivity index (χ3n) is 5.21. The highest BCUT2D eigenvalue weighted by Gasteiger charge is 2.23. The molecule has 0 N–H and O–H groups in total. The molecule has 2 aromatic heterocycles. The molecule has 4 aromatic rings. The van der Waals surface area contributed by atoms with Crippen molar-refractivity contribution in [1.29, 1.82) is 0 Å². The minimum absolute atomic E-state index is 0.126. The number of carbonyl (C=O) groups excluding carboxylic acids is 1. The molecule has 4 heteroatoms. The van der Waals surface area contributed by atoms with Crippen LogP contribution < -0.4 is 0 Å². The van der Waals surface area contributed by atoms with Crippen LogP contribution in [-0.4, -0.2) is 33.3 Å². The number of fused-ring (bicyclic) bond motifs is 3. The van der Waals surface area contributed by atoms with Crippen LogP contribution in [0.4, 0.5) is 0 Å². The summed E-state index contributed by atoms with van der Waals surface area (Å²) in [5.41, 5.74) is 4.73. The first-order valence-electron chi connectivity index (χ1n) is 9.06. The summed E-state index contributed by atoms with van der Waals surface area (Å²) in [5.74, 6) is 0.126. The van der Waals surface area contributed by atoms with E-state index in [1.54, 1.807) is 0 Å². The van der Waals surface area contributed by atoms with E-state index in [4.69, 9.17) is 0 Å². The standard InChI is InChI=1S/C22H19N3O/c26-22(24-12-6-7-13-24)18-14-20-21(16-8-2-1-3-9-16)23-15-25(20)19-11-5-4-10-17(18)19/h1-5,8-11,14-15H,6-7,12-13H2. The van der Waals surface area contributed by atoms with Gasteiger partial charge in [-0.2, -0.15) is 0 Å². The van der Waals surface area contributed by atoms with Crippen molar-refractivity contribution in [3.05, 3.63) is 72.6 Å². The maximum absolute atomic E-state index is 13.2. The Morgan fingerprint density at radius 2 is 1.62 bits per heavy atom. The molecule has 2 aromatic carbocycles. The number of benzene rings is 2. The lowest BCUT2D eigenvalue weighted by Gasteiger charge is -2.17. The summed E-state index contributed by atoms with van der Waals surface area (Å²) in [4.78, 5) is 19.8. The van der Waals surface area contributed by atoms with Crippen LogP contribution >= 0.6 is 0 Å². The first-order chi connectivity index (χ1) is 12.8. The van der Waals surface area contributed by atoms with E-state index in [0.717, 1.165) is 59.2 Å². The van der Waals surface area contributed by atoms with E-state index in [1.807, 2.05) is 53.7 Å². The molecule has 0 aliphatic carbocycles. The van der Waals surface area contributed by atoms with Crippen molar-refractivity contribution in [3.8, 4) is 11.3 Å². The van der Waals surface area contributed by atoms with Crippen molar-refractivity contribution in [3.63, 3.8) is 0 Å². The molecule has 26 heavy (non-hydrogen) atoms. The van der Waals surface area contributed by atoms with E-state index < -0.39 is 0 Å². The van der Waals surface area contributed by atoms with Crippen molar-refractivity contribution < 1.29 is 4.79 Å². The van der Waals surface area contributed by atoms with E-state index in [-0.39, 0.29) is 5.91 Å². The number of carbonyl (C=O) groups is 1. The topological polar surface area (TPSA) is 37.6 Å². The molecule has 128 valence electrons. The molecule has 1 aliphatic heterocycles. The first-order valence-corrected chi connectivity index (χ1v) is 9.06. The van der Waals surface area contributed by atoms with Gasteiger partial charge in [-0.1, -0.05) is 48.5 Å². The number of likely N-dealkylation sites (tertiary alicyclic amines) is 1. The van der Waals surface area contributed by atoms with Gasteiger partial charge in [-0.25, -0.2) is 4.98 Å². The van der Waals surface area contributed by atoms with Gasteiger partial charge in [-0.05, 0) is 25.0 Å². The normalized spacial score (nSPS) is 14.4. The molecular formula is C22H19N3O. The van der Waals surface area contributed by atoms with Crippen LogP contribution in [0, 0.1) is 0 Å². The highest BCUT2D eigenvalue weighted by Crippen LogP contribution is 2.30. The number of para-hydroxylation sites is 1. The lowest BCUT2D eigenvalue weighted by Crippen LogP contribution is -2.27. The highest BCUT2D eigenvalue weighted by molar-refractivity contribution is 6.08. The molecule has 1 fully saturated rings. The van der Waals surface area contributed by atoms with Crippen LogP contribution in [0.5, 0.6) is 0 Å². The van der Waals surface area contributed by atoms with Gasteiger partial charge in [0.2, 0.25) is 0 Å². The number of rotatable bonds is 2. The van der Waals surface area contributed by atoms with Gasteiger partial charge in [0.15, 0.2) is 0 Å². The quantitative estimate of drug-likeness (QED) is 0.542. The van der Waals surface area contributed by atoms with Crippen molar-refractivity contribution in [1.82, 2.24) is 14.3 Å². The molecular weight excluding hydrogens is 322 g/mol. The number of imidazole rings is 1. The Morgan fingerprint density at radius 1 is 0.885 bits per heavy atom. The fourth-order valence-electron chi connectivity index (χ4n) is 3.90. The van der Waals surface area contributed by atoms with Crippen LogP contribution in [0.1, 0.15) is 23.2 Å². The Kier molecular flexibility index (Phi) is 3.49. The SMILES string of the molecule is O=C(c1cc2c(-c3ccccc3)ncn2c2ccccc12)N1CCCC1. The first kappa shape index (κ1) is 15.1. The van der Waals surface area contributed by atoms with E-state index in [9.17, 15) is 4.79 Å². The van der Waals surface area contributed by atoms with E-state index >= 15 is 0 Å². The maximum atomic E-state index is 13.2. The predicted molar refractivity (Wildman–Crippen MR) is 103 cm³/mol. The van der Waals surface area contributed by atoms with Crippen LogP contribution in [0.2, 0.25) is 0 Å². The van der Waals surface area contributed by atoms with Gasteiger partial charge in [0.25, 0.3) is 5.91 Å². The second kappa shape index (κ2) is 5.99. The number of aromatic nitrogens is 2. The number of nitrogens with zero attached hydrogens (tertiary/aromatic N) is 3. The summed E-state index contributed by atoms with van der Waals surface area (Å²) in [5, 5.41) is 0.980. The third kappa shape index (κ3) is 2.30. The summed E-state index contributed by atoms with van der Waals surface area (Å²) in [6, 6.07) is 20.2. The Balaban J connectivity index is 1.79. The largest absolute Gasteiger partial charge is 0.339 e. The number of hydrogen-bond donors (Lipinski definition) is 0. The third-order valence-corrected chi connectivity index (χ3v) is 5.21. The molecule has 1 amide bonds. The predicted octanol–water partition coefficient (Wildman–Crippen LogP) is 4.39. The van der Waals surface area contributed by atoms with Crippen LogP contribution in [0.15, 0.2) is 67.0 Å². The molecule has 1 saturated heterocycles. The number of hydrogen-bond acceptors (Lipinski definition) is 2. The van der Waals surface area contributed by atoms with Gasteiger partial charge < -0.3 is 4.90 Å². The molecule has 3 heterocycles. The Morgan fingerprint density at radius 3 is 2.42 bits per heavy atom. The van der Waals surface area contributed by atoms with Gasteiger partial charge in [0.1, 0.15) is 6.33 Å². The average molecular weight is 341 g/mol. The van der Waals surface area contributed by atoms with Crippen molar-refractivity contribution in [2.24, 2.45) is 0 Å². The van der Waals surface area contributed by atoms with Crippen LogP contribution in [-0.2, 0) is 0 Å². The van der Waals surface area contributed by atoms with Crippen molar-refractivity contribution in [2.75, 3.05) is 13.1 Å². The molecule has 0 radical (unpaired) electrons. The van der Waals surface area contributed by atoms with Crippen LogP contribution in [0.25, 0.3) is 27.7 Å². The summed E-state index contributed by atoms with van der Waals surface area (Å²) in [6.07, 6.45) is 4.03. The average Bonchev–Trinajstić information content (AvgIpc) is 3.37. The van der Waals surface area contributed by atoms with Gasteiger partial charge >= 0.3 is 0 Å². The molecule has 0 unspecified atom stereocenters. The van der Waals surface area contributed by atoms with Crippen LogP contribution in [0.3, 0.4) is 0 Å². The van der Waals surface area contributed by atoms with E-state index in [1.165, 1.54) is 0 Å². The number of pyridine rings is 1. The minimum Gasteiger partial charge on any atom is -0.339 e. The van der Waals surface area contributed by atoms with Gasteiger partial charge in [-0.15, -0.1) is 0 Å². The fourth-order valence-corrected chi connectivity index (χ4v) is 3.90. The smallest absolute Gasteiger partial charge is 0.254 e. The Bertz CT molecular complexity index is 1110. The maximum Gasteiger partial charge on any atom is 0.254 e. The summed E-state index contributed by atoms with van der Waals surface area (Å²) in [6.45, 7) is 1.70. The van der Waals surface area contributed by atoms with E-state index in [0.29, 0.717) is 0 Å². The van der Waals surface area contributed by atoms with Crippen molar-refractivity contribution >= 4 is 22.3 Å². The lowest BCUT2D eigenvalue weighted by atomic mass is 10.0. The molecule has 0 spiro atoms. The van der Waals surface area contributed by atoms with Gasteiger partial charge in [-0.3, -0.25) is 9.20 Å². The van der Waals surface area contributed by atoms with Crippen molar-refractivity contribution in [2.45, 2.75) is 12.8 Å². The van der Waals surface area contributed by atoms with Gasteiger partial charge in [0, 0.05) is 24.0 Å². The summed E-state index contributed by atoms with van der Waals surface area (Å²) < 4.78 is 2.08. The fraction of sp³-hybridized carbons (Fsp3) is 0.182. The minimum atomic E-state index is 0.126. The number of amides is 1. The molecule has 0 saturated carbocycles. The molecule has 0 bridgehead atoms. The Labute approximate surface area is 151 Å². The molecule has 0 atom stereocenters. The molecule has 5 rings (SSSR count). The monoisotopic (exact) mass is 341 g/mol. The lowest BCUT2D eigenvalue weighted by molar-refractivity contribution is 0.0795. The summed E-state index contributed by atoms with van der Waals surface area (Å²) >= 11 is 0. The zero-order chi connectivity index (χ0) is 17.5. The van der Waals surface area contributed by atoms with E-state index in [2.05, 4.69) is 27.6 Å². The molecule has 1 aliphatic rings. The molecule has 4 nitrogen and oxygen atoms in total. The zero-order valence-corrected chi connectivity index (χ0v) is 14.4. The summed E-state index contributed by atoms with van der Waals surface area (Å²) in [7, 11) is 0. The Hall–Kier alpha value is -3.14. The zero-order valence-electron chi connectivity index (χ0n) is 14.4. The second-order valence-corrected chi connectivity index (χ2v) is 6.79. The second-order valence-electron chi connectivity index (χ2n) is 6.79.